The van der Waals surface area contributed by atoms with Crippen molar-refractivity contribution in [3.05, 3.63) is 24.3 Å². The third-order valence-corrected chi connectivity index (χ3v) is 2.18. The van der Waals surface area contributed by atoms with E-state index in [-0.39, 0.29) is 12.4 Å². The van der Waals surface area contributed by atoms with Gasteiger partial charge in [-0.15, -0.1) is 0 Å². The van der Waals surface area contributed by atoms with Gasteiger partial charge < -0.3 is 20.5 Å². The maximum Gasteiger partial charge on any atom is 0.387 e. The van der Waals surface area contributed by atoms with Crippen molar-refractivity contribution in [3.63, 3.8) is 0 Å². The first-order chi connectivity index (χ1) is 8.82. The third-order valence-electron chi connectivity index (χ3n) is 2.18. The lowest BCUT2D eigenvalue weighted by Crippen LogP contribution is -2.48. The average molecular weight is 274 g/mol. The minimum atomic E-state index is -2.88. The molecule has 2 amide bonds. The summed E-state index contributed by atoms with van der Waals surface area (Å²) in [6, 6.07) is 5.01. The van der Waals surface area contributed by atoms with Gasteiger partial charge in [-0.05, 0) is 38.1 Å². The maximum atomic E-state index is 11.9. The summed E-state index contributed by atoms with van der Waals surface area (Å²) in [5, 5.41) is 14.1. The second kappa shape index (κ2) is 6.33. The zero-order valence-corrected chi connectivity index (χ0v) is 10.6. The Balaban J connectivity index is 2.56. The van der Waals surface area contributed by atoms with Crippen molar-refractivity contribution in [2.75, 3.05) is 11.9 Å². The number of alkyl halides is 2. The van der Waals surface area contributed by atoms with Crippen LogP contribution in [-0.4, -0.2) is 29.9 Å². The number of aliphatic hydroxyl groups is 1. The van der Waals surface area contributed by atoms with Crippen LogP contribution in [0.2, 0.25) is 0 Å². The van der Waals surface area contributed by atoms with Crippen LogP contribution in [0.5, 0.6) is 5.75 Å². The number of amides is 2. The Bertz CT molecular complexity index is 421. The Kier molecular flexibility index (Phi) is 5.05. The monoisotopic (exact) mass is 274 g/mol. The average Bonchev–Trinajstić information content (AvgIpc) is 2.30. The number of rotatable bonds is 5. The second-order valence-electron chi connectivity index (χ2n) is 4.52. The summed E-state index contributed by atoms with van der Waals surface area (Å²) in [5.74, 6) is 0.0108. The highest BCUT2D eigenvalue weighted by molar-refractivity contribution is 5.89. The lowest BCUT2D eigenvalue weighted by Gasteiger charge is -2.23. The van der Waals surface area contributed by atoms with E-state index in [0.717, 1.165) is 0 Å². The maximum absolute atomic E-state index is 11.9. The molecule has 0 bridgehead atoms. The molecule has 0 fully saturated rings. The highest BCUT2D eigenvalue weighted by Crippen LogP contribution is 2.17. The van der Waals surface area contributed by atoms with Gasteiger partial charge in [-0.1, -0.05) is 0 Å². The molecule has 1 aromatic rings. The zero-order valence-electron chi connectivity index (χ0n) is 10.6. The highest BCUT2D eigenvalue weighted by Gasteiger charge is 2.18. The van der Waals surface area contributed by atoms with Crippen LogP contribution in [0.25, 0.3) is 0 Å². The number of hydrogen-bond donors (Lipinski definition) is 3. The van der Waals surface area contributed by atoms with E-state index in [1.807, 2.05) is 0 Å². The van der Waals surface area contributed by atoms with E-state index in [4.69, 9.17) is 5.11 Å². The molecule has 0 spiro atoms. The van der Waals surface area contributed by atoms with Gasteiger partial charge in [0.15, 0.2) is 0 Å². The topological polar surface area (TPSA) is 70.6 Å². The van der Waals surface area contributed by atoms with Crippen LogP contribution in [-0.2, 0) is 0 Å². The second-order valence-corrected chi connectivity index (χ2v) is 4.52. The van der Waals surface area contributed by atoms with Crippen LogP contribution in [0.15, 0.2) is 24.3 Å². The fraction of sp³-hybridized carbons (Fsp3) is 0.417. The molecule has 1 rings (SSSR count). The summed E-state index contributed by atoms with van der Waals surface area (Å²) in [4.78, 5) is 11.6. The first-order valence-corrected chi connectivity index (χ1v) is 5.57. The summed E-state index contributed by atoms with van der Waals surface area (Å²) >= 11 is 0. The molecule has 7 heteroatoms. The molecule has 0 aliphatic carbocycles. The number of aliphatic hydroxyl groups excluding tert-OH is 1. The van der Waals surface area contributed by atoms with E-state index in [2.05, 4.69) is 15.4 Å². The van der Waals surface area contributed by atoms with Crippen LogP contribution in [0.1, 0.15) is 13.8 Å². The molecule has 0 heterocycles. The number of nitrogens with one attached hydrogen (secondary N) is 2. The Labute approximate surface area is 109 Å². The van der Waals surface area contributed by atoms with Crippen molar-refractivity contribution in [1.82, 2.24) is 5.32 Å². The van der Waals surface area contributed by atoms with Gasteiger partial charge in [0.05, 0.1) is 12.1 Å². The number of carbonyl (C=O) groups is 1. The van der Waals surface area contributed by atoms with Gasteiger partial charge in [0.2, 0.25) is 0 Å². The highest BCUT2D eigenvalue weighted by atomic mass is 19.3. The number of hydrogen-bond acceptors (Lipinski definition) is 3. The van der Waals surface area contributed by atoms with Gasteiger partial charge in [0.25, 0.3) is 0 Å². The summed E-state index contributed by atoms with van der Waals surface area (Å²) in [5.41, 5.74) is -0.323. The van der Waals surface area contributed by atoms with Crippen molar-refractivity contribution in [2.45, 2.75) is 26.0 Å². The standard InChI is InChI=1S/C12H16F2N2O3/c1-12(2,7-17)16-11(18)15-8-3-5-9(6-4-8)19-10(13)14/h3-6,10,17H,7H2,1-2H3,(H2,15,16,18). The molecular formula is C12H16F2N2O3. The van der Waals surface area contributed by atoms with Crippen molar-refractivity contribution < 1.29 is 23.4 Å². The lowest BCUT2D eigenvalue weighted by atomic mass is 10.1. The van der Waals surface area contributed by atoms with Crippen LogP contribution in [0.4, 0.5) is 19.3 Å². The molecule has 0 saturated heterocycles. The van der Waals surface area contributed by atoms with Gasteiger partial charge >= 0.3 is 12.6 Å². The zero-order chi connectivity index (χ0) is 14.5. The number of carbonyl (C=O) groups excluding carboxylic acids is 1. The smallest absolute Gasteiger partial charge is 0.387 e. The van der Waals surface area contributed by atoms with E-state index >= 15 is 0 Å². The quantitative estimate of drug-likeness (QED) is 0.770. The molecule has 0 aromatic heterocycles. The molecule has 0 radical (unpaired) electrons. The molecular weight excluding hydrogens is 258 g/mol. The molecule has 3 N–H and O–H groups in total. The van der Waals surface area contributed by atoms with Crippen LogP contribution in [0.3, 0.4) is 0 Å². The Morgan fingerprint density at radius 2 is 1.95 bits per heavy atom. The van der Waals surface area contributed by atoms with Crippen LogP contribution < -0.4 is 15.4 Å². The number of benzene rings is 1. The minimum absolute atomic E-state index is 0.0108. The first-order valence-electron chi connectivity index (χ1n) is 5.57. The van der Waals surface area contributed by atoms with Gasteiger partial charge in [0.1, 0.15) is 5.75 Å². The molecule has 0 aliphatic heterocycles. The molecule has 0 saturated carbocycles. The van der Waals surface area contributed by atoms with E-state index in [1.54, 1.807) is 13.8 Å². The molecule has 0 aliphatic rings. The number of anilines is 1. The summed E-state index contributed by atoms with van der Waals surface area (Å²) in [6.45, 7) is 0.229. The molecule has 1 aromatic carbocycles. The van der Waals surface area contributed by atoms with E-state index in [0.29, 0.717) is 5.69 Å². The minimum Gasteiger partial charge on any atom is -0.435 e. The molecule has 106 valence electrons. The lowest BCUT2D eigenvalue weighted by molar-refractivity contribution is -0.0498. The predicted molar refractivity (Wildman–Crippen MR) is 66.4 cm³/mol. The van der Waals surface area contributed by atoms with E-state index < -0.39 is 18.2 Å². The number of halogens is 2. The van der Waals surface area contributed by atoms with Crippen LogP contribution >= 0.6 is 0 Å². The van der Waals surface area contributed by atoms with Crippen molar-refractivity contribution >= 4 is 11.7 Å². The molecule has 19 heavy (non-hydrogen) atoms. The fourth-order valence-electron chi connectivity index (χ4n) is 1.23. The molecule has 0 unspecified atom stereocenters. The van der Waals surface area contributed by atoms with Crippen LogP contribution in [0, 0.1) is 0 Å². The SMILES string of the molecule is CC(C)(CO)NC(=O)Nc1ccc(OC(F)F)cc1. The molecule has 0 atom stereocenters. The first kappa shape index (κ1) is 15.2. The fourth-order valence-corrected chi connectivity index (χ4v) is 1.23. The van der Waals surface area contributed by atoms with Crippen molar-refractivity contribution in [3.8, 4) is 5.75 Å². The van der Waals surface area contributed by atoms with E-state index in [9.17, 15) is 13.6 Å². The van der Waals surface area contributed by atoms with Gasteiger partial charge in [-0.2, -0.15) is 8.78 Å². The normalized spacial score (nSPS) is 11.3. The number of urea groups is 1. The van der Waals surface area contributed by atoms with Gasteiger partial charge in [-0.25, -0.2) is 4.79 Å². The van der Waals surface area contributed by atoms with Crippen molar-refractivity contribution in [1.29, 1.82) is 0 Å². The van der Waals surface area contributed by atoms with Gasteiger partial charge in [0, 0.05) is 5.69 Å². The van der Waals surface area contributed by atoms with Gasteiger partial charge in [-0.3, -0.25) is 0 Å². The Hall–Kier alpha value is -1.89. The predicted octanol–water partition coefficient (Wildman–Crippen LogP) is 2.18. The summed E-state index contributed by atoms with van der Waals surface area (Å²) in [7, 11) is 0. The van der Waals surface area contributed by atoms with E-state index in [1.165, 1.54) is 24.3 Å². The Morgan fingerprint density at radius 3 is 2.42 bits per heavy atom. The largest absolute Gasteiger partial charge is 0.435 e. The summed E-state index contributed by atoms with van der Waals surface area (Å²) in [6.07, 6.45) is 0. The number of ether oxygens (including phenoxy) is 1. The summed E-state index contributed by atoms with van der Waals surface area (Å²) < 4.78 is 28.0. The molecule has 5 nitrogen and oxygen atoms in total. The third kappa shape index (κ3) is 5.52. The van der Waals surface area contributed by atoms with Crippen molar-refractivity contribution in [2.24, 2.45) is 0 Å². The Morgan fingerprint density at radius 1 is 1.37 bits per heavy atom.